The average Bonchev–Trinajstić information content (AvgIpc) is 2.34. The van der Waals surface area contributed by atoms with Crippen LogP contribution in [0.25, 0.3) is 0 Å². The molecule has 0 amide bonds. The first kappa shape index (κ1) is 32.0. The van der Waals surface area contributed by atoms with Crippen molar-refractivity contribution in [1.29, 1.82) is 0 Å². The second-order valence-corrected chi connectivity index (χ2v) is 7.02. The van der Waals surface area contributed by atoms with Gasteiger partial charge in [-0.15, -0.1) is 0 Å². The van der Waals surface area contributed by atoms with Crippen molar-refractivity contribution in [1.82, 2.24) is 0 Å². The van der Waals surface area contributed by atoms with Crippen LogP contribution in [0.4, 0.5) is 0 Å². The minimum atomic E-state index is -4.67. The van der Waals surface area contributed by atoms with Crippen LogP contribution in [0.3, 0.4) is 0 Å². The Kier molecular flexibility index (Phi) is 35.6. The van der Waals surface area contributed by atoms with Gasteiger partial charge in [0.2, 0.25) is 0 Å². The van der Waals surface area contributed by atoms with Crippen LogP contribution in [0.2, 0.25) is 3.67 Å². The average molecular weight is 372 g/mol. The van der Waals surface area contributed by atoms with Gasteiger partial charge in [0.15, 0.2) is 0 Å². The van der Waals surface area contributed by atoms with Crippen LogP contribution in [-0.4, -0.2) is 51.4 Å². The number of carboxylic acid groups (broad SMARTS) is 1. The molecule has 0 fully saturated rings. The van der Waals surface area contributed by atoms with E-state index < -0.39 is 16.4 Å². The summed E-state index contributed by atoms with van der Waals surface area (Å²) >= 11 is 1.41. The van der Waals surface area contributed by atoms with Crippen LogP contribution >= 0.6 is 0 Å². The van der Waals surface area contributed by atoms with Gasteiger partial charge in [0.25, 0.3) is 0 Å². The maximum atomic E-state index is 8.89. The first-order valence-electron chi connectivity index (χ1n) is 8.02. The number of unbranched alkanes of at least 4 members (excludes halogenated alkanes) is 9. The third-order valence-corrected chi connectivity index (χ3v) is 3.41. The molecule has 0 unspecified atom stereocenters. The number of carbonyl (C=O) groups excluding carboxylic acids is 1. The Morgan fingerprint density at radius 3 is 1.35 bits per heavy atom. The summed E-state index contributed by atoms with van der Waals surface area (Å²) in [4.78, 5) is 8.89. The SMILES string of the molecule is CC(=O)[O-].CCCCCCCCCCC[CH2][Na].O=S(=O)(O)O.[Na+]. The van der Waals surface area contributed by atoms with Crippen LogP contribution in [0.15, 0.2) is 0 Å². The number of rotatable bonds is 10. The Morgan fingerprint density at radius 2 is 1.13 bits per heavy atom. The van der Waals surface area contributed by atoms with Gasteiger partial charge in [0.05, 0.1) is 0 Å². The van der Waals surface area contributed by atoms with Gasteiger partial charge in [-0.2, -0.15) is 8.42 Å². The van der Waals surface area contributed by atoms with Crippen LogP contribution in [0.5, 0.6) is 0 Å². The van der Waals surface area contributed by atoms with Crippen LogP contribution in [0, 0.1) is 0 Å². The summed E-state index contributed by atoms with van der Waals surface area (Å²) < 4.78 is 33.1. The number of carboxylic acids is 1. The van der Waals surface area contributed by atoms with Crippen LogP contribution in [0.1, 0.15) is 78.1 Å². The molecule has 0 rings (SSSR count). The summed E-state index contributed by atoms with van der Waals surface area (Å²) in [6.45, 7) is 3.26. The first-order valence-corrected chi connectivity index (χ1v) is 10.8. The largest absolute Gasteiger partial charge is 1.00 e. The molecule has 6 nitrogen and oxygen atoms in total. The molecule has 0 aliphatic heterocycles. The number of carbonyl (C=O) groups is 1. The van der Waals surface area contributed by atoms with Gasteiger partial charge in [-0.05, 0) is 6.92 Å². The molecule has 0 aliphatic rings. The molecule has 9 heteroatoms. The van der Waals surface area contributed by atoms with Crippen molar-refractivity contribution in [2.24, 2.45) is 0 Å². The van der Waals surface area contributed by atoms with Crippen molar-refractivity contribution in [2.45, 2.75) is 81.7 Å². The van der Waals surface area contributed by atoms with E-state index in [1.807, 2.05) is 0 Å². The van der Waals surface area contributed by atoms with Crippen molar-refractivity contribution >= 4 is 44.3 Å². The summed E-state index contributed by atoms with van der Waals surface area (Å²) in [5, 5.41) is 8.89. The Hall–Kier alpha value is 1.34. The first-order chi connectivity index (χ1) is 10.1. The Balaban J connectivity index is -0.000000150. The normalized spacial score (nSPS) is 9.65. The molecular formula is C14H30Na2O6S. The zero-order valence-corrected chi connectivity index (χ0v) is 20.0. The van der Waals surface area contributed by atoms with Gasteiger partial charge in [-0.3, -0.25) is 9.11 Å². The zero-order valence-electron chi connectivity index (χ0n) is 15.2. The molecule has 130 valence electrons. The van der Waals surface area contributed by atoms with Crippen molar-refractivity contribution in [3.05, 3.63) is 0 Å². The summed E-state index contributed by atoms with van der Waals surface area (Å²) in [6, 6.07) is 0. The van der Waals surface area contributed by atoms with E-state index in [0.29, 0.717) is 0 Å². The molecule has 0 aromatic carbocycles. The van der Waals surface area contributed by atoms with Gasteiger partial charge in [0.1, 0.15) is 0 Å². The van der Waals surface area contributed by atoms with Gasteiger partial charge in [-0.25, -0.2) is 0 Å². The molecule has 0 aliphatic carbocycles. The Bertz CT molecular complexity index is 301. The molecule has 2 N–H and O–H groups in total. The van der Waals surface area contributed by atoms with E-state index in [1.165, 1.54) is 95.8 Å². The molecule has 0 aromatic rings. The molecule has 0 heterocycles. The van der Waals surface area contributed by atoms with E-state index in [4.69, 9.17) is 27.4 Å². The molecule has 0 spiro atoms. The summed E-state index contributed by atoms with van der Waals surface area (Å²) in [6.07, 6.45) is 14.7. The molecule has 0 aromatic heterocycles. The van der Waals surface area contributed by atoms with Crippen molar-refractivity contribution < 1.29 is 57.0 Å². The summed E-state index contributed by atoms with van der Waals surface area (Å²) in [5.41, 5.74) is 0. The standard InChI is InChI=1S/C12H25.C2H4O2.2Na.H2O4S/c1-3-5-7-9-11-12-10-8-6-4-2;1-2(3)4;;;1-5(2,3)4/h1,3-12H2,2H3;1H3,(H,3,4);;;(H2,1,2,3,4)/q;;;+1;/p-1. The maximum Gasteiger partial charge on any atom is 1.00 e. The molecule has 0 atom stereocenters. The molecular weight excluding hydrogens is 342 g/mol. The van der Waals surface area contributed by atoms with Gasteiger partial charge >= 0.3 is 143 Å². The van der Waals surface area contributed by atoms with E-state index in [1.54, 1.807) is 0 Å². The van der Waals surface area contributed by atoms with Crippen molar-refractivity contribution in [3.8, 4) is 0 Å². The molecule has 0 saturated heterocycles. The monoisotopic (exact) mass is 372 g/mol. The van der Waals surface area contributed by atoms with E-state index in [2.05, 4.69) is 6.92 Å². The van der Waals surface area contributed by atoms with Crippen LogP contribution < -0.4 is 34.7 Å². The summed E-state index contributed by atoms with van der Waals surface area (Å²) in [7, 11) is -4.67. The fourth-order valence-corrected chi connectivity index (χ4v) is 2.24. The van der Waals surface area contributed by atoms with E-state index in [9.17, 15) is 0 Å². The van der Waals surface area contributed by atoms with Gasteiger partial charge in [-0.1, -0.05) is 0 Å². The second-order valence-electron chi connectivity index (χ2n) is 5.12. The number of aliphatic carboxylic acids is 1. The predicted octanol–water partition coefficient (Wildman–Crippen LogP) is -0.398. The van der Waals surface area contributed by atoms with Crippen molar-refractivity contribution in [2.75, 3.05) is 0 Å². The molecule has 0 radical (unpaired) electrons. The zero-order chi connectivity index (χ0) is 17.9. The maximum absolute atomic E-state index is 8.89. The topological polar surface area (TPSA) is 115 Å². The predicted molar refractivity (Wildman–Crippen MR) is 87.3 cm³/mol. The quantitative estimate of drug-likeness (QED) is 0.306. The van der Waals surface area contributed by atoms with Gasteiger partial charge < -0.3 is 9.90 Å². The minimum absolute atomic E-state index is 0. The second kappa shape index (κ2) is 25.6. The van der Waals surface area contributed by atoms with Gasteiger partial charge in [0, 0.05) is 5.97 Å². The third kappa shape index (κ3) is 82.7. The molecule has 23 heavy (non-hydrogen) atoms. The van der Waals surface area contributed by atoms with E-state index in [-0.39, 0.29) is 29.6 Å². The number of hydrogen-bond acceptors (Lipinski definition) is 4. The summed E-state index contributed by atoms with van der Waals surface area (Å²) in [5.74, 6) is -1.08. The van der Waals surface area contributed by atoms with E-state index >= 15 is 0 Å². The third-order valence-electron chi connectivity index (χ3n) is 2.71. The fraction of sp³-hybridized carbons (Fsp3) is 0.929. The number of hydrogen-bond donors (Lipinski definition) is 2. The van der Waals surface area contributed by atoms with Crippen LogP contribution in [-0.2, 0) is 15.2 Å². The Morgan fingerprint density at radius 1 is 0.913 bits per heavy atom. The van der Waals surface area contributed by atoms with Crippen molar-refractivity contribution in [3.63, 3.8) is 0 Å². The molecule has 0 saturated carbocycles. The molecule has 0 bridgehead atoms. The smallest absolute Gasteiger partial charge is 0.264 e. The minimum Gasteiger partial charge on any atom is -0.264 e. The van der Waals surface area contributed by atoms with E-state index in [0.717, 1.165) is 6.92 Å². The fourth-order valence-electron chi connectivity index (χ4n) is 1.74. The Labute approximate surface area is 181 Å².